The molecule has 160 valence electrons. The van der Waals surface area contributed by atoms with Gasteiger partial charge in [0.05, 0.1) is 0 Å². The molecule has 4 heteroatoms. The second kappa shape index (κ2) is 12.9. The largest absolute Gasteiger partial charge is 0.507 e. The average molecular weight is 401 g/mol. The van der Waals surface area contributed by atoms with Gasteiger partial charge in [-0.1, -0.05) is 61.6 Å². The van der Waals surface area contributed by atoms with Crippen LogP contribution < -0.4 is 0 Å². The summed E-state index contributed by atoms with van der Waals surface area (Å²) in [5.41, 5.74) is 2.83. The Morgan fingerprint density at radius 2 is 1.76 bits per heavy atom. The lowest BCUT2D eigenvalue weighted by molar-refractivity contribution is 0.0693. The van der Waals surface area contributed by atoms with E-state index in [-0.39, 0.29) is 22.6 Å². The third kappa shape index (κ3) is 8.59. The molecule has 0 heterocycles. The van der Waals surface area contributed by atoms with Crippen LogP contribution >= 0.6 is 0 Å². The highest BCUT2D eigenvalue weighted by molar-refractivity contribution is 5.96. The molecular formula is C25H36O4. The number of hydrogen-bond donors (Lipinski definition) is 3. The van der Waals surface area contributed by atoms with Crippen molar-refractivity contribution < 1.29 is 20.1 Å². The number of aromatic carboxylic acids is 1. The summed E-state index contributed by atoms with van der Waals surface area (Å²) in [6.45, 7) is 8.27. The SMILES string of the molecule is CCCCCC/C=C/c1cc(O)c(C/C=C(\C)CCC=C(C)C)c(O)c1C(=O)O. The predicted octanol–water partition coefficient (Wildman–Crippen LogP) is 7.01. The fourth-order valence-corrected chi connectivity index (χ4v) is 3.14. The number of unbranched alkanes of at least 4 members (excludes halogenated alkanes) is 4. The summed E-state index contributed by atoms with van der Waals surface area (Å²) in [5, 5.41) is 30.5. The highest BCUT2D eigenvalue weighted by Gasteiger charge is 2.20. The lowest BCUT2D eigenvalue weighted by atomic mass is 9.97. The Balaban J connectivity index is 2.99. The Bertz CT molecular complexity index is 766. The number of hydrogen-bond acceptors (Lipinski definition) is 3. The topological polar surface area (TPSA) is 77.8 Å². The maximum absolute atomic E-state index is 11.7. The molecule has 0 spiro atoms. The Morgan fingerprint density at radius 1 is 1.03 bits per heavy atom. The third-order valence-corrected chi connectivity index (χ3v) is 4.89. The number of carboxylic acid groups (broad SMARTS) is 1. The zero-order valence-electron chi connectivity index (χ0n) is 18.3. The van der Waals surface area contributed by atoms with Gasteiger partial charge in [-0.2, -0.15) is 0 Å². The Kier molecular flexibility index (Phi) is 10.9. The van der Waals surface area contributed by atoms with Crippen molar-refractivity contribution in [1.29, 1.82) is 0 Å². The van der Waals surface area contributed by atoms with Gasteiger partial charge in [-0.3, -0.25) is 0 Å². The fraction of sp³-hybridized carbons (Fsp3) is 0.480. The minimum absolute atomic E-state index is 0.0773. The van der Waals surface area contributed by atoms with Crippen LogP contribution in [0.5, 0.6) is 11.5 Å². The molecular weight excluding hydrogens is 364 g/mol. The summed E-state index contributed by atoms with van der Waals surface area (Å²) < 4.78 is 0. The lowest BCUT2D eigenvalue weighted by Crippen LogP contribution is -2.03. The van der Waals surface area contributed by atoms with Crippen molar-refractivity contribution in [3.63, 3.8) is 0 Å². The molecule has 0 atom stereocenters. The van der Waals surface area contributed by atoms with Gasteiger partial charge in [0.15, 0.2) is 0 Å². The number of carbonyl (C=O) groups is 1. The molecule has 1 rings (SSSR count). The number of phenolic OH excluding ortho intramolecular Hbond substituents is 1. The van der Waals surface area contributed by atoms with Gasteiger partial charge < -0.3 is 15.3 Å². The van der Waals surface area contributed by atoms with E-state index in [4.69, 9.17) is 0 Å². The first-order valence-corrected chi connectivity index (χ1v) is 10.5. The monoisotopic (exact) mass is 400 g/mol. The predicted molar refractivity (Wildman–Crippen MR) is 121 cm³/mol. The number of allylic oxidation sites excluding steroid dienone is 5. The van der Waals surface area contributed by atoms with E-state index in [0.29, 0.717) is 12.0 Å². The molecule has 0 aliphatic rings. The van der Waals surface area contributed by atoms with Crippen LogP contribution in [-0.4, -0.2) is 21.3 Å². The Morgan fingerprint density at radius 3 is 2.38 bits per heavy atom. The van der Waals surface area contributed by atoms with Gasteiger partial charge in [0.2, 0.25) is 0 Å². The molecule has 0 aliphatic carbocycles. The van der Waals surface area contributed by atoms with Gasteiger partial charge in [-0.25, -0.2) is 4.79 Å². The van der Waals surface area contributed by atoms with E-state index in [1.807, 2.05) is 19.1 Å². The van der Waals surface area contributed by atoms with Crippen molar-refractivity contribution in [2.45, 2.75) is 79.1 Å². The molecule has 0 saturated carbocycles. The van der Waals surface area contributed by atoms with Crippen LogP contribution in [0, 0.1) is 0 Å². The van der Waals surface area contributed by atoms with Crippen LogP contribution in [0.1, 0.15) is 94.1 Å². The normalized spacial score (nSPS) is 11.8. The van der Waals surface area contributed by atoms with Crippen LogP contribution in [0.3, 0.4) is 0 Å². The van der Waals surface area contributed by atoms with Crippen LogP contribution in [0.4, 0.5) is 0 Å². The van der Waals surface area contributed by atoms with E-state index in [0.717, 1.165) is 37.7 Å². The highest BCUT2D eigenvalue weighted by atomic mass is 16.4. The van der Waals surface area contributed by atoms with Crippen LogP contribution in [-0.2, 0) is 6.42 Å². The van der Waals surface area contributed by atoms with Gasteiger partial charge in [0.1, 0.15) is 17.1 Å². The molecule has 0 bridgehead atoms. The minimum Gasteiger partial charge on any atom is -0.507 e. The number of carboxylic acids is 1. The maximum Gasteiger partial charge on any atom is 0.340 e. The smallest absolute Gasteiger partial charge is 0.340 e. The summed E-state index contributed by atoms with van der Waals surface area (Å²) in [6, 6.07) is 1.44. The molecule has 0 fully saturated rings. The van der Waals surface area contributed by atoms with Gasteiger partial charge in [-0.05, 0) is 64.5 Å². The van der Waals surface area contributed by atoms with Gasteiger partial charge in [-0.15, -0.1) is 0 Å². The Hall–Kier alpha value is -2.49. The van der Waals surface area contributed by atoms with Crippen molar-refractivity contribution >= 4 is 12.0 Å². The fourth-order valence-electron chi connectivity index (χ4n) is 3.14. The second-order valence-corrected chi connectivity index (χ2v) is 7.82. The molecule has 1 aromatic rings. The molecule has 0 radical (unpaired) electrons. The highest BCUT2D eigenvalue weighted by Crippen LogP contribution is 2.35. The first kappa shape index (κ1) is 24.5. The van der Waals surface area contributed by atoms with E-state index < -0.39 is 5.97 Å². The number of aromatic hydroxyl groups is 2. The molecule has 3 N–H and O–H groups in total. The van der Waals surface area contributed by atoms with E-state index in [9.17, 15) is 20.1 Å². The van der Waals surface area contributed by atoms with Crippen molar-refractivity contribution in [1.82, 2.24) is 0 Å². The van der Waals surface area contributed by atoms with E-state index in [1.165, 1.54) is 24.5 Å². The molecule has 0 aliphatic heterocycles. The number of rotatable bonds is 12. The maximum atomic E-state index is 11.7. The zero-order valence-corrected chi connectivity index (χ0v) is 18.3. The lowest BCUT2D eigenvalue weighted by Gasteiger charge is -2.12. The summed E-state index contributed by atoms with van der Waals surface area (Å²) in [6.07, 6.45) is 15.2. The molecule has 0 saturated heterocycles. The van der Waals surface area contributed by atoms with E-state index >= 15 is 0 Å². The third-order valence-electron chi connectivity index (χ3n) is 4.89. The molecule has 4 nitrogen and oxygen atoms in total. The van der Waals surface area contributed by atoms with Gasteiger partial charge in [0.25, 0.3) is 0 Å². The van der Waals surface area contributed by atoms with Crippen molar-refractivity contribution in [3.8, 4) is 11.5 Å². The summed E-state index contributed by atoms with van der Waals surface area (Å²) in [5.74, 6) is -1.62. The first-order chi connectivity index (χ1) is 13.8. The average Bonchev–Trinajstić information content (AvgIpc) is 2.63. The molecule has 29 heavy (non-hydrogen) atoms. The van der Waals surface area contributed by atoms with Gasteiger partial charge >= 0.3 is 5.97 Å². The standard InChI is InChI=1S/C25H36O4/c1-5-6-7-8-9-10-14-20-17-22(26)21(24(27)23(20)25(28)29)16-15-19(4)13-11-12-18(2)3/h10,12,14-15,17,26-27H,5-9,11,13,16H2,1-4H3,(H,28,29)/b14-10+,19-15+. The van der Waals surface area contributed by atoms with Crippen molar-refractivity contribution in [2.24, 2.45) is 0 Å². The van der Waals surface area contributed by atoms with E-state index in [2.05, 4.69) is 26.8 Å². The minimum atomic E-state index is -1.20. The molecule has 0 unspecified atom stereocenters. The second-order valence-electron chi connectivity index (χ2n) is 7.82. The quantitative estimate of drug-likeness (QED) is 0.260. The number of benzene rings is 1. The summed E-state index contributed by atoms with van der Waals surface area (Å²) >= 11 is 0. The van der Waals surface area contributed by atoms with Crippen molar-refractivity contribution in [2.75, 3.05) is 0 Å². The van der Waals surface area contributed by atoms with Crippen molar-refractivity contribution in [3.05, 3.63) is 52.1 Å². The zero-order chi connectivity index (χ0) is 21.8. The first-order valence-electron chi connectivity index (χ1n) is 10.5. The summed E-state index contributed by atoms with van der Waals surface area (Å²) in [4.78, 5) is 11.7. The van der Waals surface area contributed by atoms with Crippen LogP contribution in [0.25, 0.3) is 6.08 Å². The van der Waals surface area contributed by atoms with Crippen LogP contribution in [0.15, 0.2) is 35.4 Å². The van der Waals surface area contributed by atoms with Gasteiger partial charge in [0, 0.05) is 5.56 Å². The van der Waals surface area contributed by atoms with Crippen LogP contribution in [0.2, 0.25) is 0 Å². The van der Waals surface area contributed by atoms with E-state index in [1.54, 1.807) is 6.08 Å². The Labute approximate surface area is 175 Å². The molecule has 1 aromatic carbocycles. The number of phenols is 2. The summed E-state index contributed by atoms with van der Waals surface area (Å²) in [7, 11) is 0. The molecule has 0 amide bonds. The molecule has 0 aromatic heterocycles.